The second-order valence-corrected chi connectivity index (χ2v) is 5.94. The summed E-state index contributed by atoms with van der Waals surface area (Å²) in [7, 11) is 6.40. The molecule has 102 valence electrons. The third-order valence-electron chi connectivity index (χ3n) is 4.28. The first-order chi connectivity index (χ1) is 9.16. The van der Waals surface area contributed by atoms with E-state index in [1.165, 1.54) is 18.4 Å². The number of hydrogen-bond donors (Lipinski definition) is 2. The van der Waals surface area contributed by atoms with Crippen molar-refractivity contribution in [2.75, 3.05) is 27.7 Å². The highest BCUT2D eigenvalue weighted by atomic mass is 15.1. The number of nitrogens with one attached hydrogen (secondary N) is 2. The van der Waals surface area contributed by atoms with Crippen LogP contribution in [0.4, 0.5) is 0 Å². The van der Waals surface area contributed by atoms with Gasteiger partial charge < -0.3 is 15.2 Å². The Labute approximate surface area is 114 Å². The number of aromatic amines is 1. The van der Waals surface area contributed by atoms with E-state index in [0.29, 0.717) is 11.5 Å². The lowest BCUT2D eigenvalue weighted by Gasteiger charge is -2.33. The minimum Gasteiger partial charge on any atom is -0.345 e. The molecule has 1 heterocycles. The van der Waals surface area contributed by atoms with Crippen LogP contribution in [0.3, 0.4) is 0 Å². The van der Waals surface area contributed by atoms with Crippen molar-refractivity contribution < 1.29 is 0 Å². The number of rotatable bonds is 5. The fourth-order valence-corrected chi connectivity index (χ4v) is 3.38. The standard InChI is InChI=1S/C15H22N4/c1-16-9-15(6-7-15)14(19(2)3)11-4-5-12-13(8-11)18-10-17-12/h4-5,8,10,14,16H,6-7,9H2,1-3H3,(H,17,18). The smallest absolute Gasteiger partial charge is 0.0931 e. The summed E-state index contributed by atoms with van der Waals surface area (Å²) in [5, 5.41) is 3.36. The molecule has 19 heavy (non-hydrogen) atoms. The highest BCUT2D eigenvalue weighted by Crippen LogP contribution is 2.56. The first-order valence-corrected chi connectivity index (χ1v) is 6.90. The van der Waals surface area contributed by atoms with E-state index in [-0.39, 0.29) is 0 Å². The van der Waals surface area contributed by atoms with Crippen LogP contribution >= 0.6 is 0 Å². The van der Waals surface area contributed by atoms with Gasteiger partial charge in [0.15, 0.2) is 0 Å². The molecule has 0 bridgehead atoms. The summed E-state index contributed by atoms with van der Waals surface area (Å²) in [5.41, 5.74) is 3.95. The van der Waals surface area contributed by atoms with Gasteiger partial charge in [0.1, 0.15) is 0 Å². The number of benzene rings is 1. The lowest BCUT2D eigenvalue weighted by atomic mass is 9.88. The van der Waals surface area contributed by atoms with Crippen molar-refractivity contribution in [3.05, 3.63) is 30.1 Å². The maximum atomic E-state index is 4.30. The minimum atomic E-state index is 0.395. The minimum absolute atomic E-state index is 0.395. The van der Waals surface area contributed by atoms with Crippen molar-refractivity contribution in [2.24, 2.45) is 5.41 Å². The predicted octanol–water partition coefficient (Wildman–Crippen LogP) is 2.17. The SMILES string of the molecule is CNCC1(C(c2ccc3nc[nH]c3c2)N(C)C)CC1. The summed E-state index contributed by atoms with van der Waals surface area (Å²) in [5.74, 6) is 0. The first kappa shape index (κ1) is 12.6. The van der Waals surface area contributed by atoms with Crippen LogP contribution in [0.5, 0.6) is 0 Å². The topological polar surface area (TPSA) is 44.0 Å². The van der Waals surface area contributed by atoms with Gasteiger partial charge in [0.25, 0.3) is 0 Å². The van der Waals surface area contributed by atoms with E-state index in [1.807, 2.05) is 7.05 Å². The van der Waals surface area contributed by atoms with Crippen LogP contribution in [0.1, 0.15) is 24.4 Å². The van der Waals surface area contributed by atoms with Gasteiger partial charge in [-0.05, 0) is 51.7 Å². The van der Waals surface area contributed by atoms with Crippen molar-refractivity contribution in [3.63, 3.8) is 0 Å². The Morgan fingerprint density at radius 3 is 2.84 bits per heavy atom. The molecule has 1 unspecified atom stereocenters. The molecule has 1 aromatic carbocycles. The lowest BCUT2D eigenvalue weighted by molar-refractivity contribution is 0.192. The van der Waals surface area contributed by atoms with E-state index in [1.54, 1.807) is 6.33 Å². The Balaban J connectivity index is 1.99. The first-order valence-electron chi connectivity index (χ1n) is 6.90. The quantitative estimate of drug-likeness (QED) is 0.864. The summed E-state index contributed by atoms with van der Waals surface area (Å²) < 4.78 is 0. The number of aromatic nitrogens is 2. The lowest BCUT2D eigenvalue weighted by Crippen LogP contribution is -2.34. The number of nitrogens with zero attached hydrogens (tertiary/aromatic N) is 2. The fraction of sp³-hybridized carbons (Fsp3) is 0.533. The largest absolute Gasteiger partial charge is 0.345 e. The molecule has 1 fully saturated rings. The van der Waals surface area contributed by atoms with Crippen molar-refractivity contribution >= 4 is 11.0 Å². The van der Waals surface area contributed by atoms with E-state index in [0.717, 1.165) is 17.6 Å². The third-order valence-corrected chi connectivity index (χ3v) is 4.28. The molecule has 2 N–H and O–H groups in total. The van der Waals surface area contributed by atoms with Crippen molar-refractivity contribution in [1.29, 1.82) is 0 Å². The van der Waals surface area contributed by atoms with Crippen LogP contribution in [0.2, 0.25) is 0 Å². The molecule has 0 spiro atoms. The Kier molecular flexibility index (Phi) is 3.07. The highest BCUT2D eigenvalue weighted by molar-refractivity contribution is 5.75. The molecule has 1 saturated carbocycles. The molecular formula is C15H22N4. The number of H-pyrrole nitrogens is 1. The van der Waals surface area contributed by atoms with Crippen molar-refractivity contribution in [2.45, 2.75) is 18.9 Å². The summed E-state index contributed by atoms with van der Waals surface area (Å²) >= 11 is 0. The van der Waals surface area contributed by atoms with Gasteiger partial charge in [-0.1, -0.05) is 6.07 Å². The average Bonchev–Trinajstić information content (AvgIpc) is 2.98. The Morgan fingerprint density at radius 1 is 1.42 bits per heavy atom. The van der Waals surface area contributed by atoms with E-state index < -0.39 is 0 Å². The molecule has 1 atom stereocenters. The van der Waals surface area contributed by atoms with Crippen LogP contribution in [0, 0.1) is 5.41 Å². The molecule has 2 aromatic rings. The molecule has 0 amide bonds. The number of imidazole rings is 1. The molecule has 0 saturated heterocycles. The molecular weight excluding hydrogens is 236 g/mol. The average molecular weight is 258 g/mol. The summed E-state index contributed by atoms with van der Waals surface area (Å²) in [6, 6.07) is 7.06. The predicted molar refractivity (Wildman–Crippen MR) is 78.1 cm³/mol. The summed E-state index contributed by atoms with van der Waals surface area (Å²) in [4.78, 5) is 9.86. The van der Waals surface area contributed by atoms with Gasteiger partial charge >= 0.3 is 0 Å². The van der Waals surface area contributed by atoms with Gasteiger partial charge in [0.2, 0.25) is 0 Å². The third kappa shape index (κ3) is 2.15. The molecule has 0 aliphatic heterocycles. The Hall–Kier alpha value is -1.39. The maximum Gasteiger partial charge on any atom is 0.0931 e. The van der Waals surface area contributed by atoms with Crippen molar-refractivity contribution in [1.82, 2.24) is 20.2 Å². The van der Waals surface area contributed by atoms with Gasteiger partial charge in [-0.15, -0.1) is 0 Å². The molecule has 1 aromatic heterocycles. The van der Waals surface area contributed by atoms with Gasteiger partial charge in [-0.2, -0.15) is 0 Å². The normalized spacial score (nSPS) is 18.9. The van der Waals surface area contributed by atoms with E-state index >= 15 is 0 Å². The molecule has 1 aliphatic carbocycles. The maximum absolute atomic E-state index is 4.30. The monoisotopic (exact) mass is 258 g/mol. The van der Waals surface area contributed by atoms with Gasteiger partial charge in [0, 0.05) is 18.0 Å². The fourth-order valence-electron chi connectivity index (χ4n) is 3.38. The number of hydrogen-bond acceptors (Lipinski definition) is 3. The van der Waals surface area contributed by atoms with Crippen LogP contribution in [-0.2, 0) is 0 Å². The summed E-state index contributed by atoms with van der Waals surface area (Å²) in [6.45, 7) is 1.08. The van der Waals surface area contributed by atoms with Crippen LogP contribution < -0.4 is 5.32 Å². The van der Waals surface area contributed by atoms with Crippen LogP contribution in [0.25, 0.3) is 11.0 Å². The molecule has 1 aliphatic rings. The summed E-state index contributed by atoms with van der Waals surface area (Å²) in [6.07, 6.45) is 4.37. The zero-order chi connectivity index (χ0) is 13.5. The Morgan fingerprint density at radius 2 is 2.21 bits per heavy atom. The second kappa shape index (κ2) is 4.62. The van der Waals surface area contributed by atoms with Crippen molar-refractivity contribution in [3.8, 4) is 0 Å². The van der Waals surface area contributed by atoms with E-state index in [9.17, 15) is 0 Å². The van der Waals surface area contributed by atoms with Gasteiger partial charge in [-0.25, -0.2) is 4.98 Å². The van der Waals surface area contributed by atoms with E-state index in [2.05, 4.69) is 52.5 Å². The molecule has 0 radical (unpaired) electrons. The van der Waals surface area contributed by atoms with E-state index in [4.69, 9.17) is 0 Å². The molecule has 4 nitrogen and oxygen atoms in total. The highest BCUT2D eigenvalue weighted by Gasteiger charge is 2.50. The zero-order valence-electron chi connectivity index (χ0n) is 11.9. The Bertz CT molecular complexity index is 568. The van der Waals surface area contributed by atoms with Gasteiger partial charge in [0.05, 0.1) is 17.4 Å². The molecule has 3 rings (SSSR count). The molecule has 4 heteroatoms. The van der Waals surface area contributed by atoms with Crippen LogP contribution in [0.15, 0.2) is 24.5 Å². The zero-order valence-corrected chi connectivity index (χ0v) is 11.9. The number of fused-ring (bicyclic) bond motifs is 1. The second-order valence-electron chi connectivity index (χ2n) is 5.94. The van der Waals surface area contributed by atoms with Crippen LogP contribution in [-0.4, -0.2) is 42.6 Å². The van der Waals surface area contributed by atoms with Gasteiger partial charge in [-0.3, -0.25) is 0 Å².